The molecule has 22 heavy (non-hydrogen) atoms. The zero-order valence-corrected chi connectivity index (χ0v) is 12.7. The van der Waals surface area contributed by atoms with E-state index >= 15 is 0 Å². The van der Waals surface area contributed by atoms with Gasteiger partial charge < -0.3 is 10.0 Å². The summed E-state index contributed by atoms with van der Waals surface area (Å²) in [6.07, 6.45) is 2.48. The molecule has 1 aliphatic rings. The Morgan fingerprint density at radius 1 is 1.18 bits per heavy atom. The van der Waals surface area contributed by atoms with Crippen molar-refractivity contribution >= 4 is 5.97 Å². The Morgan fingerprint density at radius 2 is 1.86 bits per heavy atom. The van der Waals surface area contributed by atoms with Crippen molar-refractivity contribution in [3.63, 3.8) is 0 Å². The number of likely N-dealkylation sites (tertiary alicyclic amines) is 1. The van der Waals surface area contributed by atoms with Crippen molar-refractivity contribution in [2.24, 2.45) is 0 Å². The molecule has 0 saturated carbocycles. The van der Waals surface area contributed by atoms with E-state index in [9.17, 15) is 9.90 Å². The van der Waals surface area contributed by atoms with Crippen molar-refractivity contribution in [2.75, 3.05) is 19.6 Å². The molecule has 6 heteroatoms. The highest BCUT2D eigenvalue weighted by molar-refractivity contribution is 5.92. The largest absolute Gasteiger partial charge is 0.476 e. The van der Waals surface area contributed by atoms with Crippen LogP contribution in [0.15, 0.2) is 24.3 Å². The Kier molecular flexibility index (Phi) is 4.20. The molecule has 2 aromatic rings. The Labute approximate surface area is 129 Å². The second kappa shape index (κ2) is 6.27. The van der Waals surface area contributed by atoms with Crippen molar-refractivity contribution in [2.45, 2.75) is 26.3 Å². The number of aryl methyl sites for hydroxylation is 1. The fourth-order valence-corrected chi connectivity index (χ4v) is 2.85. The summed E-state index contributed by atoms with van der Waals surface area (Å²) >= 11 is 0. The van der Waals surface area contributed by atoms with Crippen molar-refractivity contribution in [3.8, 4) is 11.3 Å². The molecule has 2 heterocycles. The van der Waals surface area contributed by atoms with Crippen molar-refractivity contribution in [1.82, 2.24) is 19.9 Å². The highest BCUT2D eigenvalue weighted by Gasteiger charge is 2.21. The highest BCUT2D eigenvalue weighted by Crippen LogP contribution is 2.23. The molecule has 1 aromatic heterocycles. The van der Waals surface area contributed by atoms with Crippen LogP contribution in [0.1, 0.15) is 28.9 Å². The number of carbonyl (C=O) groups is 1. The fourth-order valence-electron chi connectivity index (χ4n) is 2.85. The maximum atomic E-state index is 11.4. The molecule has 1 N–H and O–H groups in total. The first kappa shape index (κ1) is 14.7. The number of carboxylic acid groups (broad SMARTS) is 1. The molecule has 0 aliphatic carbocycles. The van der Waals surface area contributed by atoms with Crippen LogP contribution in [0.25, 0.3) is 11.3 Å². The Morgan fingerprint density at radius 3 is 2.50 bits per heavy atom. The molecule has 1 fully saturated rings. The molecule has 0 radical (unpaired) electrons. The van der Waals surface area contributed by atoms with Gasteiger partial charge in [0.1, 0.15) is 5.69 Å². The molecule has 1 aromatic carbocycles. The second-order valence-electron chi connectivity index (χ2n) is 5.73. The normalized spacial score (nSPS) is 15.3. The molecule has 0 spiro atoms. The summed E-state index contributed by atoms with van der Waals surface area (Å²) in [5.74, 6) is -1.04. The third-order valence-electron chi connectivity index (χ3n) is 4.09. The monoisotopic (exact) mass is 300 g/mol. The molecule has 116 valence electrons. The number of carboxylic acids is 1. The lowest BCUT2D eigenvalue weighted by Gasteiger charge is -2.15. The van der Waals surface area contributed by atoms with Crippen LogP contribution < -0.4 is 0 Å². The fraction of sp³-hybridized carbons (Fsp3) is 0.438. The van der Waals surface area contributed by atoms with Crippen molar-refractivity contribution in [3.05, 3.63) is 35.5 Å². The van der Waals surface area contributed by atoms with Crippen LogP contribution in [0, 0.1) is 6.92 Å². The van der Waals surface area contributed by atoms with Crippen molar-refractivity contribution < 1.29 is 9.90 Å². The zero-order chi connectivity index (χ0) is 15.5. The lowest BCUT2D eigenvalue weighted by atomic mass is 10.1. The van der Waals surface area contributed by atoms with E-state index in [1.165, 1.54) is 12.8 Å². The average Bonchev–Trinajstić information content (AvgIpc) is 3.15. The van der Waals surface area contributed by atoms with Crippen molar-refractivity contribution in [1.29, 1.82) is 0 Å². The van der Waals surface area contributed by atoms with Gasteiger partial charge in [0, 0.05) is 12.1 Å². The Balaban J connectivity index is 1.89. The molecule has 6 nitrogen and oxygen atoms in total. The molecule has 0 bridgehead atoms. The third-order valence-corrected chi connectivity index (χ3v) is 4.09. The van der Waals surface area contributed by atoms with Crippen LogP contribution in [0.3, 0.4) is 0 Å². The lowest BCUT2D eigenvalue weighted by Crippen LogP contribution is -2.24. The van der Waals surface area contributed by atoms with Crippen LogP contribution >= 0.6 is 0 Å². The first-order valence-corrected chi connectivity index (χ1v) is 7.61. The molecule has 0 atom stereocenters. The summed E-state index contributed by atoms with van der Waals surface area (Å²) in [7, 11) is 0. The maximum Gasteiger partial charge on any atom is 0.358 e. The summed E-state index contributed by atoms with van der Waals surface area (Å²) in [4.78, 5) is 13.8. The van der Waals surface area contributed by atoms with Gasteiger partial charge in [0.25, 0.3) is 0 Å². The Hall–Kier alpha value is -2.21. The van der Waals surface area contributed by atoms with E-state index in [0.717, 1.165) is 30.8 Å². The molecular weight excluding hydrogens is 280 g/mol. The summed E-state index contributed by atoms with van der Waals surface area (Å²) in [5.41, 5.74) is 2.59. The van der Waals surface area contributed by atoms with Gasteiger partial charge in [-0.1, -0.05) is 35.0 Å². The van der Waals surface area contributed by atoms with E-state index in [1.54, 1.807) is 4.68 Å². The predicted molar refractivity (Wildman–Crippen MR) is 82.8 cm³/mol. The number of aromatic nitrogens is 3. The number of hydrogen-bond donors (Lipinski definition) is 1. The standard InChI is InChI=1S/C16H20N4O2/c1-12-4-6-13(7-5-12)15-14(16(21)22)17-18-20(15)11-10-19-8-2-3-9-19/h4-7H,2-3,8-11H2,1H3,(H,21,22). The number of benzene rings is 1. The number of nitrogens with zero attached hydrogens (tertiary/aromatic N) is 4. The van der Waals surface area contributed by atoms with E-state index in [-0.39, 0.29) is 5.69 Å². The minimum Gasteiger partial charge on any atom is -0.476 e. The zero-order valence-electron chi connectivity index (χ0n) is 12.7. The van der Waals surface area contributed by atoms with Crippen LogP contribution in [0.4, 0.5) is 0 Å². The summed E-state index contributed by atoms with van der Waals surface area (Å²) in [5, 5.41) is 17.3. The second-order valence-corrected chi connectivity index (χ2v) is 5.73. The van der Waals surface area contributed by atoms with Crippen LogP contribution in [0.5, 0.6) is 0 Å². The summed E-state index contributed by atoms with van der Waals surface area (Å²) < 4.78 is 1.71. The van der Waals surface area contributed by atoms with Crippen LogP contribution in [-0.2, 0) is 6.54 Å². The molecule has 1 aliphatic heterocycles. The highest BCUT2D eigenvalue weighted by atomic mass is 16.4. The average molecular weight is 300 g/mol. The number of hydrogen-bond acceptors (Lipinski definition) is 4. The minimum atomic E-state index is -1.04. The van der Waals surface area contributed by atoms with Gasteiger partial charge in [-0.05, 0) is 32.9 Å². The number of rotatable bonds is 5. The van der Waals surface area contributed by atoms with E-state index in [2.05, 4.69) is 15.2 Å². The molecule has 0 unspecified atom stereocenters. The first-order chi connectivity index (χ1) is 10.6. The van der Waals surface area contributed by atoms with Crippen LogP contribution in [0.2, 0.25) is 0 Å². The van der Waals surface area contributed by atoms with Gasteiger partial charge in [0.2, 0.25) is 0 Å². The van der Waals surface area contributed by atoms with Gasteiger partial charge in [-0.3, -0.25) is 0 Å². The van der Waals surface area contributed by atoms with Gasteiger partial charge in [-0.2, -0.15) is 0 Å². The quantitative estimate of drug-likeness (QED) is 0.915. The molecular formula is C16H20N4O2. The van der Waals surface area contributed by atoms with E-state index in [4.69, 9.17) is 0 Å². The van der Waals surface area contributed by atoms with Gasteiger partial charge in [0.05, 0.1) is 6.54 Å². The van der Waals surface area contributed by atoms with Gasteiger partial charge >= 0.3 is 5.97 Å². The third kappa shape index (κ3) is 3.01. The van der Waals surface area contributed by atoms with E-state index < -0.39 is 5.97 Å². The first-order valence-electron chi connectivity index (χ1n) is 7.61. The van der Waals surface area contributed by atoms with Crippen LogP contribution in [-0.4, -0.2) is 50.6 Å². The SMILES string of the molecule is Cc1ccc(-c2c(C(=O)O)nnn2CCN2CCCC2)cc1. The lowest BCUT2D eigenvalue weighted by molar-refractivity contribution is 0.0691. The predicted octanol–water partition coefficient (Wildman–Crippen LogP) is 2.05. The molecule has 0 amide bonds. The Bertz CT molecular complexity index is 657. The van der Waals surface area contributed by atoms with E-state index in [0.29, 0.717) is 12.2 Å². The summed E-state index contributed by atoms with van der Waals surface area (Å²) in [6, 6.07) is 7.79. The van der Waals surface area contributed by atoms with Gasteiger partial charge in [0.15, 0.2) is 5.69 Å². The maximum absolute atomic E-state index is 11.4. The molecule has 1 saturated heterocycles. The van der Waals surface area contributed by atoms with E-state index in [1.807, 2.05) is 31.2 Å². The van der Waals surface area contributed by atoms with Gasteiger partial charge in [-0.25, -0.2) is 9.48 Å². The number of aromatic carboxylic acids is 1. The molecule has 3 rings (SSSR count). The topological polar surface area (TPSA) is 71.2 Å². The summed E-state index contributed by atoms with van der Waals surface area (Å²) in [6.45, 7) is 5.76. The minimum absolute atomic E-state index is 0.0188. The van der Waals surface area contributed by atoms with Gasteiger partial charge in [-0.15, -0.1) is 5.10 Å². The smallest absolute Gasteiger partial charge is 0.358 e.